The van der Waals surface area contributed by atoms with Crippen LogP contribution in [0.4, 0.5) is 0 Å². The molecule has 1 aromatic carbocycles. The Morgan fingerprint density at radius 3 is 2.50 bits per heavy atom. The standard InChI is InChI=1S/C17H22N2O/c1-4-10-19-17(15-9-11-18-13(2)12-15)14-5-7-16(20-3)8-6-14/h5-9,11-12,17,19H,4,10H2,1-3H3. The molecular weight excluding hydrogens is 248 g/mol. The minimum Gasteiger partial charge on any atom is -0.497 e. The molecular formula is C17H22N2O. The van der Waals surface area contributed by atoms with Gasteiger partial charge in [0.05, 0.1) is 13.2 Å². The summed E-state index contributed by atoms with van der Waals surface area (Å²) in [5.74, 6) is 0.883. The average Bonchev–Trinajstić information content (AvgIpc) is 2.48. The first-order valence-electron chi connectivity index (χ1n) is 7.04. The molecule has 3 nitrogen and oxygen atoms in total. The minimum absolute atomic E-state index is 0.197. The van der Waals surface area contributed by atoms with E-state index in [2.05, 4.69) is 41.5 Å². The molecule has 0 aliphatic heterocycles. The van der Waals surface area contributed by atoms with E-state index in [1.807, 2.05) is 25.3 Å². The Bertz CT molecular complexity index is 537. The van der Waals surface area contributed by atoms with E-state index in [-0.39, 0.29) is 6.04 Å². The Morgan fingerprint density at radius 2 is 1.90 bits per heavy atom. The zero-order valence-electron chi connectivity index (χ0n) is 12.4. The molecule has 0 fully saturated rings. The maximum atomic E-state index is 5.22. The molecule has 0 bridgehead atoms. The second-order valence-electron chi connectivity index (χ2n) is 4.89. The lowest BCUT2D eigenvalue weighted by molar-refractivity contribution is 0.414. The van der Waals surface area contributed by atoms with Crippen molar-refractivity contribution in [2.45, 2.75) is 26.3 Å². The summed E-state index contributed by atoms with van der Waals surface area (Å²) in [6.07, 6.45) is 2.98. The number of hydrogen-bond donors (Lipinski definition) is 1. The van der Waals surface area contributed by atoms with Crippen molar-refractivity contribution in [1.29, 1.82) is 0 Å². The molecule has 1 unspecified atom stereocenters. The monoisotopic (exact) mass is 270 g/mol. The Balaban J connectivity index is 2.30. The number of nitrogens with one attached hydrogen (secondary N) is 1. The van der Waals surface area contributed by atoms with Gasteiger partial charge in [0.15, 0.2) is 0 Å². The van der Waals surface area contributed by atoms with E-state index in [0.717, 1.165) is 24.4 Å². The van der Waals surface area contributed by atoms with E-state index in [0.29, 0.717) is 0 Å². The lowest BCUT2D eigenvalue weighted by Crippen LogP contribution is -2.23. The van der Waals surface area contributed by atoms with Crippen molar-refractivity contribution in [3.05, 3.63) is 59.4 Å². The van der Waals surface area contributed by atoms with Gasteiger partial charge in [0.2, 0.25) is 0 Å². The zero-order chi connectivity index (χ0) is 14.4. The van der Waals surface area contributed by atoms with E-state index in [1.165, 1.54) is 11.1 Å². The molecule has 0 aliphatic carbocycles. The Kier molecular flexibility index (Phi) is 5.13. The van der Waals surface area contributed by atoms with Crippen LogP contribution in [0.5, 0.6) is 5.75 Å². The van der Waals surface area contributed by atoms with Crippen molar-refractivity contribution in [2.75, 3.05) is 13.7 Å². The van der Waals surface area contributed by atoms with Crippen molar-refractivity contribution in [3.8, 4) is 5.75 Å². The lowest BCUT2D eigenvalue weighted by Gasteiger charge is -2.20. The number of nitrogens with zero attached hydrogens (tertiary/aromatic N) is 1. The van der Waals surface area contributed by atoms with Crippen LogP contribution in [0.25, 0.3) is 0 Å². The lowest BCUT2D eigenvalue weighted by atomic mass is 9.98. The van der Waals surface area contributed by atoms with Gasteiger partial charge >= 0.3 is 0 Å². The number of ether oxygens (including phenoxy) is 1. The maximum Gasteiger partial charge on any atom is 0.118 e. The second-order valence-corrected chi connectivity index (χ2v) is 4.89. The Morgan fingerprint density at radius 1 is 1.15 bits per heavy atom. The molecule has 106 valence electrons. The third-order valence-electron chi connectivity index (χ3n) is 3.30. The van der Waals surface area contributed by atoms with Crippen molar-refractivity contribution in [1.82, 2.24) is 10.3 Å². The fourth-order valence-electron chi connectivity index (χ4n) is 2.26. The molecule has 1 atom stereocenters. The Hall–Kier alpha value is -1.87. The van der Waals surface area contributed by atoms with E-state index < -0.39 is 0 Å². The molecule has 0 saturated heterocycles. The van der Waals surface area contributed by atoms with Crippen molar-refractivity contribution < 1.29 is 4.74 Å². The highest BCUT2D eigenvalue weighted by molar-refractivity contribution is 5.35. The van der Waals surface area contributed by atoms with E-state index >= 15 is 0 Å². The number of aryl methyl sites for hydroxylation is 1. The normalized spacial score (nSPS) is 12.2. The van der Waals surface area contributed by atoms with Crippen LogP contribution in [0.1, 0.15) is 36.2 Å². The van der Waals surface area contributed by atoms with Gasteiger partial charge in [-0.05, 0) is 55.3 Å². The summed E-state index contributed by atoms with van der Waals surface area (Å²) in [6.45, 7) is 5.18. The predicted molar refractivity (Wildman–Crippen MR) is 82.1 cm³/mol. The van der Waals surface area contributed by atoms with Gasteiger partial charge in [-0.1, -0.05) is 19.1 Å². The first kappa shape index (κ1) is 14.5. The molecule has 2 aromatic rings. The van der Waals surface area contributed by atoms with Crippen molar-refractivity contribution >= 4 is 0 Å². The summed E-state index contributed by atoms with van der Waals surface area (Å²) in [5, 5.41) is 3.60. The number of aromatic nitrogens is 1. The third-order valence-corrected chi connectivity index (χ3v) is 3.30. The van der Waals surface area contributed by atoms with Crippen LogP contribution in [0.15, 0.2) is 42.6 Å². The summed E-state index contributed by atoms with van der Waals surface area (Å²) in [4.78, 5) is 4.28. The number of pyridine rings is 1. The van der Waals surface area contributed by atoms with Gasteiger partial charge < -0.3 is 10.1 Å². The molecule has 1 aromatic heterocycles. The smallest absolute Gasteiger partial charge is 0.118 e. The van der Waals surface area contributed by atoms with Gasteiger partial charge in [-0.2, -0.15) is 0 Å². The van der Waals surface area contributed by atoms with Gasteiger partial charge in [-0.15, -0.1) is 0 Å². The number of rotatable bonds is 6. The van der Waals surface area contributed by atoms with Crippen LogP contribution < -0.4 is 10.1 Å². The highest BCUT2D eigenvalue weighted by Crippen LogP contribution is 2.24. The fourth-order valence-corrected chi connectivity index (χ4v) is 2.26. The predicted octanol–water partition coefficient (Wildman–Crippen LogP) is 3.49. The maximum absolute atomic E-state index is 5.22. The second kappa shape index (κ2) is 7.06. The van der Waals surface area contributed by atoms with Gasteiger partial charge in [0, 0.05) is 11.9 Å². The van der Waals surface area contributed by atoms with Gasteiger partial charge in [0.25, 0.3) is 0 Å². The molecule has 0 amide bonds. The van der Waals surface area contributed by atoms with E-state index in [4.69, 9.17) is 4.74 Å². The summed E-state index contributed by atoms with van der Waals surface area (Å²) in [6, 6.07) is 12.6. The average molecular weight is 270 g/mol. The SMILES string of the molecule is CCCNC(c1ccc(OC)cc1)c1ccnc(C)c1. The molecule has 0 saturated carbocycles. The summed E-state index contributed by atoms with van der Waals surface area (Å²) in [7, 11) is 1.69. The number of benzene rings is 1. The minimum atomic E-state index is 0.197. The molecule has 1 N–H and O–H groups in total. The van der Waals surface area contributed by atoms with Gasteiger partial charge in [-0.25, -0.2) is 0 Å². The van der Waals surface area contributed by atoms with Crippen LogP contribution in [-0.2, 0) is 0 Å². The quantitative estimate of drug-likeness (QED) is 0.872. The molecule has 2 rings (SSSR count). The summed E-state index contributed by atoms with van der Waals surface area (Å²) >= 11 is 0. The fraction of sp³-hybridized carbons (Fsp3) is 0.353. The molecule has 0 radical (unpaired) electrons. The zero-order valence-corrected chi connectivity index (χ0v) is 12.4. The van der Waals surface area contributed by atoms with E-state index in [9.17, 15) is 0 Å². The van der Waals surface area contributed by atoms with Crippen LogP contribution in [0, 0.1) is 6.92 Å². The topological polar surface area (TPSA) is 34.1 Å². The first-order chi connectivity index (χ1) is 9.74. The van der Waals surface area contributed by atoms with Gasteiger partial charge in [-0.3, -0.25) is 4.98 Å². The molecule has 3 heteroatoms. The van der Waals surface area contributed by atoms with Crippen LogP contribution >= 0.6 is 0 Å². The van der Waals surface area contributed by atoms with Crippen LogP contribution in [0.3, 0.4) is 0 Å². The third kappa shape index (κ3) is 3.58. The largest absolute Gasteiger partial charge is 0.497 e. The number of methoxy groups -OCH3 is 1. The van der Waals surface area contributed by atoms with Crippen molar-refractivity contribution in [2.24, 2.45) is 0 Å². The van der Waals surface area contributed by atoms with Crippen LogP contribution in [-0.4, -0.2) is 18.6 Å². The Labute approximate surface area is 121 Å². The summed E-state index contributed by atoms with van der Waals surface area (Å²) < 4.78 is 5.22. The highest BCUT2D eigenvalue weighted by Gasteiger charge is 2.13. The van der Waals surface area contributed by atoms with Crippen molar-refractivity contribution in [3.63, 3.8) is 0 Å². The molecule has 1 heterocycles. The number of hydrogen-bond acceptors (Lipinski definition) is 3. The summed E-state index contributed by atoms with van der Waals surface area (Å²) in [5.41, 5.74) is 3.53. The molecule has 0 spiro atoms. The first-order valence-corrected chi connectivity index (χ1v) is 7.04. The molecule has 20 heavy (non-hydrogen) atoms. The van der Waals surface area contributed by atoms with E-state index in [1.54, 1.807) is 7.11 Å². The van der Waals surface area contributed by atoms with Gasteiger partial charge in [0.1, 0.15) is 5.75 Å². The van der Waals surface area contributed by atoms with Crippen LogP contribution in [0.2, 0.25) is 0 Å². The molecule has 0 aliphatic rings. The highest BCUT2D eigenvalue weighted by atomic mass is 16.5.